The number of amides is 2. The van der Waals surface area contributed by atoms with E-state index in [2.05, 4.69) is 0 Å². The summed E-state index contributed by atoms with van der Waals surface area (Å²) in [6.45, 7) is 0.554. The predicted octanol–water partition coefficient (Wildman–Crippen LogP) is 1.29. The lowest BCUT2D eigenvalue weighted by Crippen LogP contribution is -2.45. The van der Waals surface area contributed by atoms with E-state index >= 15 is 0 Å². The number of fused-ring (bicyclic) bond motifs is 1. The second-order valence-electron chi connectivity index (χ2n) is 3.43. The van der Waals surface area contributed by atoms with Crippen molar-refractivity contribution < 1.29 is 24.5 Å². The van der Waals surface area contributed by atoms with Gasteiger partial charge in [-0.1, -0.05) is 0 Å². The summed E-state index contributed by atoms with van der Waals surface area (Å²) in [5.74, 6) is 0.703. The lowest BCUT2D eigenvalue weighted by atomic mass is 10.1. The van der Waals surface area contributed by atoms with Crippen LogP contribution in [0.5, 0.6) is 5.75 Å². The van der Waals surface area contributed by atoms with E-state index in [1.165, 1.54) is 6.07 Å². The van der Waals surface area contributed by atoms with Crippen molar-refractivity contribution in [2.45, 2.75) is 6.42 Å². The number of hydrogen-bond acceptors (Lipinski definition) is 3. The van der Waals surface area contributed by atoms with E-state index in [0.29, 0.717) is 23.8 Å². The molecule has 17 heavy (non-hydrogen) atoms. The number of nitrogens with zero attached hydrogens (tertiary/aromatic N) is 1. The standard InChI is InChI=1S/C10H10N2O5/c13-9(14)11-12(10(15)16)7-1-2-8-6(5-7)3-4-17-8/h1-2,5,11H,3-4H2,(H,13,14)(H,15,16). The summed E-state index contributed by atoms with van der Waals surface area (Å²) in [5.41, 5.74) is 2.90. The Morgan fingerprint density at radius 2 is 2.12 bits per heavy atom. The minimum absolute atomic E-state index is 0.240. The molecule has 0 saturated heterocycles. The number of anilines is 1. The van der Waals surface area contributed by atoms with Crippen molar-refractivity contribution in [1.82, 2.24) is 5.43 Å². The molecule has 0 saturated carbocycles. The normalized spacial score (nSPS) is 12.5. The molecule has 7 nitrogen and oxygen atoms in total. The first kappa shape index (κ1) is 11.1. The van der Waals surface area contributed by atoms with Gasteiger partial charge in [-0.15, -0.1) is 0 Å². The van der Waals surface area contributed by atoms with E-state index in [-0.39, 0.29) is 5.69 Å². The van der Waals surface area contributed by atoms with E-state index in [9.17, 15) is 9.59 Å². The summed E-state index contributed by atoms with van der Waals surface area (Å²) in [6.07, 6.45) is -2.15. The Morgan fingerprint density at radius 3 is 2.76 bits per heavy atom. The molecule has 2 rings (SSSR count). The van der Waals surface area contributed by atoms with E-state index in [0.717, 1.165) is 5.56 Å². The van der Waals surface area contributed by atoms with Gasteiger partial charge in [-0.05, 0) is 23.8 Å². The molecule has 1 heterocycles. The van der Waals surface area contributed by atoms with Gasteiger partial charge in [0.25, 0.3) is 0 Å². The molecular weight excluding hydrogens is 228 g/mol. The van der Waals surface area contributed by atoms with Crippen molar-refractivity contribution in [3.05, 3.63) is 23.8 Å². The molecule has 0 unspecified atom stereocenters. The topological polar surface area (TPSA) is 99.1 Å². The first-order valence-electron chi connectivity index (χ1n) is 4.86. The fourth-order valence-electron chi connectivity index (χ4n) is 1.63. The van der Waals surface area contributed by atoms with Crippen LogP contribution in [0.2, 0.25) is 0 Å². The highest BCUT2D eigenvalue weighted by molar-refractivity contribution is 5.89. The van der Waals surface area contributed by atoms with Crippen LogP contribution in [-0.2, 0) is 6.42 Å². The molecule has 0 atom stereocenters. The summed E-state index contributed by atoms with van der Waals surface area (Å²) < 4.78 is 5.27. The maximum absolute atomic E-state index is 10.9. The van der Waals surface area contributed by atoms with Crippen LogP contribution in [0, 0.1) is 0 Å². The second-order valence-corrected chi connectivity index (χ2v) is 3.43. The monoisotopic (exact) mass is 238 g/mol. The highest BCUT2D eigenvalue weighted by atomic mass is 16.5. The first-order valence-corrected chi connectivity index (χ1v) is 4.86. The first-order chi connectivity index (χ1) is 8.08. The average molecular weight is 238 g/mol. The molecule has 7 heteroatoms. The zero-order valence-corrected chi connectivity index (χ0v) is 8.71. The Balaban J connectivity index is 2.30. The van der Waals surface area contributed by atoms with Crippen LogP contribution >= 0.6 is 0 Å². The van der Waals surface area contributed by atoms with Crippen molar-refractivity contribution in [3.8, 4) is 5.75 Å². The van der Waals surface area contributed by atoms with Gasteiger partial charge in [0.1, 0.15) is 5.75 Å². The van der Waals surface area contributed by atoms with Crippen LogP contribution in [0.1, 0.15) is 5.56 Å². The van der Waals surface area contributed by atoms with Gasteiger partial charge >= 0.3 is 12.2 Å². The lowest BCUT2D eigenvalue weighted by Gasteiger charge is -2.18. The average Bonchev–Trinajstić information content (AvgIpc) is 2.72. The Hall–Kier alpha value is -2.44. The molecule has 0 aromatic heterocycles. The second kappa shape index (κ2) is 4.20. The molecule has 0 fully saturated rings. The fourth-order valence-corrected chi connectivity index (χ4v) is 1.63. The lowest BCUT2D eigenvalue weighted by molar-refractivity contribution is 0.181. The highest BCUT2D eigenvalue weighted by Gasteiger charge is 2.20. The Kier molecular flexibility index (Phi) is 2.73. The van der Waals surface area contributed by atoms with Crippen molar-refractivity contribution in [3.63, 3.8) is 0 Å². The number of hydrazine groups is 1. The summed E-state index contributed by atoms with van der Waals surface area (Å²) in [6, 6.07) is 4.69. The number of hydrogen-bond donors (Lipinski definition) is 3. The van der Waals surface area contributed by atoms with Crippen LogP contribution in [0.25, 0.3) is 0 Å². The summed E-state index contributed by atoms with van der Waals surface area (Å²) in [4.78, 5) is 21.4. The third-order valence-electron chi connectivity index (χ3n) is 2.33. The molecule has 3 N–H and O–H groups in total. The third-order valence-corrected chi connectivity index (χ3v) is 2.33. The molecule has 1 aliphatic rings. The van der Waals surface area contributed by atoms with Crippen LogP contribution in [0.4, 0.5) is 15.3 Å². The van der Waals surface area contributed by atoms with Gasteiger partial charge in [0.05, 0.1) is 12.3 Å². The van der Waals surface area contributed by atoms with Crippen LogP contribution in [0.3, 0.4) is 0 Å². The van der Waals surface area contributed by atoms with Gasteiger partial charge in [-0.25, -0.2) is 15.0 Å². The summed E-state index contributed by atoms with van der Waals surface area (Å²) in [7, 11) is 0. The van der Waals surface area contributed by atoms with Gasteiger partial charge in [-0.2, -0.15) is 5.01 Å². The van der Waals surface area contributed by atoms with Crippen LogP contribution in [0.15, 0.2) is 18.2 Å². The number of nitrogens with one attached hydrogen (secondary N) is 1. The molecule has 0 radical (unpaired) electrons. The zero-order valence-electron chi connectivity index (χ0n) is 8.71. The molecule has 1 aliphatic heterocycles. The third kappa shape index (κ3) is 2.22. The molecule has 1 aromatic carbocycles. The van der Waals surface area contributed by atoms with E-state index in [1.807, 2.05) is 0 Å². The Bertz CT molecular complexity index is 474. The molecular formula is C10H10N2O5. The number of benzene rings is 1. The van der Waals surface area contributed by atoms with Gasteiger partial charge in [0, 0.05) is 6.42 Å². The largest absolute Gasteiger partial charge is 0.493 e. The number of ether oxygens (including phenoxy) is 1. The van der Waals surface area contributed by atoms with E-state index in [4.69, 9.17) is 14.9 Å². The minimum atomic E-state index is -1.44. The van der Waals surface area contributed by atoms with Crippen molar-refractivity contribution in [1.29, 1.82) is 0 Å². The maximum Gasteiger partial charge on any atom is 0.431 e. The Morgan fingerprint density at radius 1 is 1.35 bits per heavy atom. The molecule has 0 bridgehead atoms. The number of rotatable bonds is 1. The maximum atomic E-state index is 10.9. The summed E-state index contributed by atoms with van der Waals surface area (Å²) >= 11 is 0. The Labute approximate surface area is 96.2 Å². The van der Waals surface area contributed by atoms with Crippen molar-refractivity contribution >= 4 is 17.9 Å². The van der Waals surface area contributed by atoms with Gasteiger partial charge in [0.2, 0.25) is 0 Å². The van der Waals surface area contributed by atoms with Gasteiger partial charge < -0.3 is 14.9 Å². The van der Waals surface area contributed by atoms with Crippen LogP contribution < -0.4 is 15.2 Å². The molecule has 90 valence electrons. The smallest absolute Gasteiger partial charge is 0.431 e. The highest BCUT2D eigenvalue weighted by Crippen LogP contribution is 2.29. The van der Waals surface area contributed by atoms with Gasteiger partial charge in [0.15, 0.2) is 0 Å². The fraction of sp³-hybridized carbons (Fsp3) is 0.200. The van der Waals surface area contributed by atoms with E-state index in [1.54, 1.807) is 17.6 Å². The SMILES string of the molecule is O=C(O)NN(C(=O)O)c1ccc2c(c1)CCO2. The molecule has 0 spiro atoms. The number of carbonyl (C=O) groups is 2. The molecule has 2 amide bonds. The number of carboxylic acid groups (broad SMARTS) is 2. The van der Waals surface area contributed by atoms with E-state index < -0.39 is 12.2 Å². The minimum Gasteiger partial charge on any atom is -0.493 e. The molecule has 1 aromatic rings. The van der Waals surface area contributed by atoms with Gasteiger partial charge in [-0.3, -0.25) is 0 Å². The predicted molar refractivity (Wildman–Crippen MR) is 57.3 cm³/mol. The van der Waals surface area contributed by atoms with Crippen molar-refractivity contribution in [2.75, 3.05) is 11.6 Å². The molecule has 0 aliphatic carbocycles. The quantitative estimate of drug-likeness (QED) is 0.640. The van der Waals surface area contributed by atoms with Crippen molar-refractivity contribution in [2.24, 2.45) is 0 Å². The summed E-state index contributed by atoms with van der Waals surface area (Å²) in [5, 5.41) is 18.0. The van der Waals surface area contributed by atoms with Crippen LogP contribution in [-0.4, -0.2) is 29.0 Å². The zero-order chi connectivity index (χ0) is 12.4.